The first-order valence-electron chi connectivity index (χ1n) is 15.5. The maximum absolute atomic E-state index is 2.57. The highest BCUT2D eigenvalue weighted by atomic mass is 14.5. The van der Waals surface area contributed by atoms with Crippen LogP contribution in [0.3, 0.4) is 0 Å². The second kappa shape index (κ2) is 12.4. The van der Waals surface area contributed by atoms with Crippen LogP contribution in [0.15, 0.2) is 84.9 Å². The fraction of sp³-hybridized carbons (Fsp3) is 0.385. The second-order valence-electron chi connectivity index (χ2n) is 12.0. The van der Waals surface area contributed by atoms with Gasteiger partial charge in [0.2, 0.25) is 0 Å². The summed E-state index contributed by atoms with van der Waals surface area (Å²) in [6.07, 6.45) is 13.0. The summed E-state index contributed by atoms with van der Waals surface area (Å²) in [6.45, 7) is 9.04. The van der Waals surface area contributed by atoms with Crippen molar-refractivity contribution in [1.82, 2.24) is 0 Å². The van der Waals surface area contributed by atoms with E-state index in [1.807, 2.05) is 0 Å². The van der Waals surface area contributed by atoms with Crippen molar-refractivity contribution in [1.29, 1.82) is 0 Å². The lowest BCUT2D eigenvalue weighted by atomic mass is 9.70. The lowest BCUT2D eigenvalue weighted by Gasteiger charge is -2.33. The molecular weight excluding hydrogens is 468 g/mol. The smallest absolute Gasteiger partial charge is 0.0215 e. The molecule has 0 amide bonds. The van der Waals surface area contributed by atoms with E-state index >= 15 is 0 Å². The van der Waals surface area contributed by atoms with Crippen LogP contribution in [0, 0.1) is 13.8 Å². The normalized spacial score (nSPS) is 13.3. The summed E-state index contributed by atoms with van der Waals surface area (Å²) in [5, 5.41) is 0. The molecule has 0 N–H and O–H groups in total. The van der Waals surface area contributed by atoms with Crippen molar-refractivity contribution in [3.05, 3.63) is 107 Å². The van der Waals surface area contributed by atoms with E-state index in [1.165, 1.54) is 109 Å². The molecule has 4 aromatic carbocycles. The highest BCUT2D eigenvalue weighted by molar-refractivity contribution is 5.86. The first-order valence-corrected chi connectivity index (χ1v) is 15.5. The van der Waals surface area contributed by atoms with Crippen LogP contribution < -0.4 is 0 Å². The third-order valence-electron chi connectivity index (χ3n) is 8.98. The Morgan fingerprint density at radius 2 is 0.897 bits per heavy atom. The number of aryl methyl sites for hydroxylation is 2. The third kappa shape index (κ3) is 5.76. The van der Waals surface area contributed by atoms with Crippen molar-refractivity contribution in [2.75, 3.05) is 0 Å². The number of hydrogen-bond acceptors (Lipinski definition) is 0. The molecule has 0 aliphatic heterocycles. The zero-order valence-electron chi connectivity index (χ0n) is 24.7. The Hall–Kier alpha value is -3.12. The van der Waals surface area contributed by atoms with Gasteiger partial charge in [0, 0.05) is 5.41 Å². The Balaban J connectivity index is 1.66. The molecule has 0 bridgehead atoms. The van der Waals surface area contributed by atoms with Gasteiger partial charge in [0.15, 0.2) is 0 Å². The molecule has 0 aromatic heterocycles. The Labute approximate surface area is 237 Å². The van der Waals surface area contributed by atoms with Crippen molar-refractivity contribution in [3.8, 4) is 33.4 Å². The van der Waals surface area contributed by atoms with Gasteiger partial charge in [-0.05, 0) is 83.3 Å². The topological polar surface area (TPSA) is 0 Å². The second-order valence-corrected chi connectivity index (χ2v) is 12.0. The van der Waals surface area contributed by atoms with Gasteiger partial charge in [-0.15, -0.1) is 0 Å². The molecule has 1 aliphatic carbocycles. The standard InChI is InChI=1S/C39H46/c1-5-7-9-11-23-39(24-12-10-8-6-2)37-27-33(31-17-13-15-29(3)25-31)19-21-35(37)36-22-20-34(28-38(36)39)32-18-14-16-30(4)26-32/h13-22,25-28H,5-12,23-24H2,1-4H3. The molecule has 4 aromatic rings. The molecule has 0 saturated carbocycles. The van der Waals surface area contributed by atoms with Gasteiger partial charge >= 0.3 is 0 Å². The number of rotatable bonds is 12. The highest BCUT2D eigenvalue weighted by Crippen LogP contribution is 2.55. The van der Waals surface area contributed by atoms with Crippen molar-refractivity contribution in [2.24, 2.45) is 0 Å². The summed E-state index contributed by atoms with van der Waals surface area (Å²) >= 11 is 0. The Bertz CT molecular complexity index is 1300. The first kappa shape index (κ1) is 27.4. The van der Waals surface area contributed by atoms with E-state index in [9.17, 15) is 0 Å². The summed E-state index contributed by atoms with van der Waals surface area (Å²) in [6, 6.07) is 32.7. The summed E-state index contributed by atoms with van der Waals surface area (Å²) < 4.78 is 0. The summed E-state index contributed by atoms with van der Waals surface area (Å²) in [5.41, 5.74) is 14.2. The van der Waals surface area contributed by atoms with E-state index in [0.717, 1.165) is 0 Å². The zero-order chi connectivity index (χ0) is 27.2. The predicted octanol–water partition coefficient (Wildman–Crippen LogP) is 11.8. The summed E-state index contributed by atoms with van der Waals surface area (Å²) in [5.74, 6) is 0. The van der Waals surface area contributed by atoms with Crippen molar-refractivity contribution in [3.63, 3.8) is 0 Å². The molecule has 1 aliphatic rings. The van der Waals surface area contributed by atoms with Crippen LogP contribution >= 0.6 is 0 Å². The minimum Gasteiger partial charge on any atom is -0.0654 e. The molecule has 0 heterocycles. The van der Waals surface area contributed by atoms with Crippen molar-refractivity contribution >= 4 is 0 Å². The maximum Gasteiger partial charge on any atom is 0.0215 e. The lowest BCUT2D eigenvalue weighted by Crippen LogP contribution is -2.25. The predicted molar refractivity (Wildman–Crippen MR) is 171 cm³/mol. The third-order valence-corrected chi connectivity index (χ3v) is 8.98. The fourth-order valence-electron chi connectivity index (χ4n) is 6.87. The van der Waals surface area contributed by atoms with Crippen LogP contribution in [0.2, 0.25) is 0 Å². The van der Waals surface area contributed by atoms with E-state index in [0.29, 0.717) is 0 Å². The largest absolute Gasteiger partial charge is 0.0654 e. The van der Waals surface area contributed by atoms with Gasteiger partial charge in [-0.25, -0.2) is 0 Å². The molecule has 5 rings (SSSR count). The molecule has 0 atom stereocenters. The molecule has 0 fully saturated rings. The van der Waals surface area contributed by atoms with E-state index in [1.54, 1.807) is 11.1 Å². The number of benzene rings is 4. The van der Waals surface area contributed by atoms with Crippen LogP contribution in [-0.4, -0.2) is 0 Å². The molecule has 0 saturated heterocycles. The van der Waals surface area contributed by atoms with E-state index < -0.39 is 0 Å². The molecule has 202 valence electrons. The van der Waals surface area contributed by atoms with Crippen LogP contribution in [0.4, 0.5) is 0 Å². The van der Waals surface area contributed by atoms with Gasteiger partial charge in [-0.2, -0.15) is 0 Å². The molecule has 0 unspecified atom stereocenters. The lowest BCUT2D eigenvalue weighted by molar-refractivity contribution is 0.401. The average molecular weight is 515 g/mol. The van der Waals surface area contributed by atoms with Crippen LogP contribution in [0.5, 0.6) is 0 Å². The van der Waals surface area contributed by atoms with Gasteiger partial charge in [0.25, 0.3) is 0 Å². The Kier molecular flexibility index (Phi) is 8.71. The fourth-order valence-corrected chi connectivity index (χ4v) is 6.87. The van der Waals surface area contributed by atoms with E-state index in [2.05, 4.69) is 113 Å². The minimum absolute atomic E-state index is 0.0891. The number of hydrogen-bond donors (Lipinski definition) is 0. The van der Waals surface area contributed by atoms with Crippen LogP contribution in [0.1, 0.15) is 100 Å². The Morgan fingerprint density at radius 3 is 1.31 bits per heavy atom. The van der Waals surface area contributed by atoms with Crippen molar-refractivity contribution < 1.29 is 0 Å². The van der Waals surface area contributed by atoms with E-state index in [-0.39, 0.29) is 5.41 Å². The minimum atomic E-state index is 0.0891. The number of unbranched alkanes of at least 4 members (excludes halogenated alkanes) is 6. The van der Waals surface area contributed by atoms with Crippen LogP contribution in [-0.2, 0) is 5.41 Å². The monoisotopic (exact) mass is 514 g/mol. The first-order chi connectivity index (χ1) is 19.1. The van der Waals surface area contributed by atoms with Gasteiger partial charge in [-0.3, -0.25) is 0 Å². The highest BCUT2D eigenvalue weighted by Gasteiger charge is 2.42. The van der Waals surface area contributed by atoms with Gasteiger partial charge in [-0.1, -0.05) is 149 Å². The van der Waals surface area contributed by atoms with E-state index in [4.69, 9.17) is 0 Å². The summed E-state index contributed by atoms with van der Waals surface area (Å²) in [4.78, 5) is 0. The van der Waals surface area contributed by atoms with Crippen molar-refractivity contribution in [2.45, 2.75) is 97.3 Å². The maximum atomic E-state index is 2.57. The molecule has 0 nitrogen and oxygen atoms in total. The quantitative estimate of drug-likeness (QED) is 0.165. The van der Waals surface area contributed by atoms with Gasteiger partial charge in [0.05, 0.1) is 0 Å². The Morgan fingerprint density at radius 1 is 0.462 bits per heavy atom. The summed E-state index contributed by atoms with van der Waals surface area (Å²) in [7, 11) is 0. The van der Waals surface area contributed by atoms with Gasteiger partial charge in [0.1, 0.15) is 0 Å². The molecule has 0 heteroatoms. The average Bonchev–Trinajstić information content (AvgIpc) is 3.22. The molecule has 0 spiro atoms. The number of fused-ring (bicyclic) bond motifs is 3. The molecule has 39 heavy (non-hydrogen) atoms. The van der Waals surface area contributed by atoms with Gasteiger partial charge < -0.3 is 0 Å². The molecule has 0 radical (unpaired) electrons. The SMILES string of the molecule is CCCCCCC1(CCCCCC)c2cc(-c3cccc(C)c3)ccc2-c2ccc(-c3cccc(C)c3)cc21. The zero-order valence-corrected chi connectivity index (χ0v) is 24.7. The molecular formula is C39H46. The van der Waals surface area contributed by atoms with Crippen LogP contribution in [0.25, 0.3) is 33.4 Å².